The zero-order valence-corrected chi connectivity index (χ0v) is 16.6. The van der Waals surface area contributed by atoms with Gasteiger partial charge in [-0.1, -0.05) is 0 Å². The molecule has 2 amide bonds. The number of carbonyl (C=O) groups is 3. The zero-order valence-electron chi connectivity index (χ0n) is 16.6. The summed E-state index contributed by atoms with van der Waals surface area (Å²) in [5.74, 6) is -6.92. The molecule has 0 aliphatic carbocycles. The number of hydrogen-bond acceptors (Lipinski definition) is 4. The van der Waals surface area contributed by atoms with Crippen LogP contribution in [0.25, 0.3) is 0 Å². The molecule has 0 saturated carbocycles. The van der Waals surface area contributed by atoms with Gasteiger partial charge in [-0.3, -0.25) is 14.4 Å². The van der Waals surface area contributed by atoms with Crippen molar-refractivity contribution in [2.45, 2.75) is 32.7 Å². The Morgan fingerprint density at radius 2 is 1.87 bits per heavy atom. The molecule has 7 nitrogen and oxygen atoms in total. The van der Waals surface area contributed by atoms with Crippen molar-refractivity contribution in [1.29, 1.82) is 5.26 Å². The number of hydrogen-bond donors (Lipinski definition) is 2. The Balaban J connectivity index is 2.26. The lowest BCUT2D eigenvalue weighted by atomic mass is 10.1. The van der Waals surface area contributed by atoms with Crippen molar-refractivity contribution in [3.05, 3.63) is 52.6 Å². The Labute approximate surface area is 170 Å². The van der Waals surface area contributed by atoms with Crippen molar-refractivity contribution in [3.63, 3.8) is 0 Å². The summed E-state index contributed by atoms with van der Waals surface area (Å²) in [4.78, 5) is 37.0. The first-order valence-electron chi connectivity index (χ1n) is 8.77. The molecule has 0 radical (unpaired) electrons. The maximum Gasteiger partial charge on any atom is 0.292 e. The third-order valence-corrected chi connectivity index (χ3v) is 4.67. The number of anilines is 1. The number of alkyl halides is 2. The van der Waals surface area contributed by atoms with E-state index in [0.29, 0.717) is 6.92 Å². The fourth-order valence-electron chi connectivity index (χ4n) is 2.54. The highest BCUT2D eigenvalue weighted by atomic mass is 19.3. The number of nitrogens with one attached hydrogen (secondary N) is 2. The van der Waals surface area contributed by atoms with Crippen LogP contribution < -0.4 is 10.6 Å². The molecule has 2 aromatic rings. The van der Waals surface area contributed by atoms with Crippen LogP contribution in [0.4, 0.5) is 18.9 Å². The fraction of sp³-hybridized carbons (Fsp3) is 0.300. The Kier molecular flexibility index (Phi) is 6.35. The van der Waals surface area contributed by atoms with Crippen molar-refractivity contribution < 1.29 is 27.6 Å². The molecule has 0 bridgehead atoms. The zero-order chi connectivity index (χ0) is 22.8. The molecule has 1 aromatic carbocycles. The van der Waals surface area contributed by atoms with Gasteiger partial charge < -0.3 is 15.2 Å². The van der Waals surface area contributed by atoms with Gasteiger partial charge in [0.1, 0.15) is 17.6 Å². The predicted molar refractivity (Wildman–Crippen MR) is 102 cm³/mol. The largest absolute Gasteiger partial charge is 0.343 e. The second-order valence-electron chi connectivity index (χ2n) is 6.83. The number of ketones is 1. The molecule has 0 saturated heterocycles. The van der Waals surface area contributed by atoms with Crippen molar-refractivity contribution >= 4 is 23.3 Å². The van der Waals surface area contributed by atoms with Gasteiger partial charge in [0.2, 0.25) is 0 Å². The van der Waals surface area contributed by atoms with Crippen LogP contribution in [-0.2, 0) is 11.8 Å². The van der Waals surface area contributed by atoms with Crippen molar-refractivity contribution in [3.8, 4) is 6.07 Å². The normalized spacial score (nSPS) is 12.1. The summed E-state index contributed by atoms with van der Waals surface area (Å²) in [6.45, 7) is 3.17. The smallest absolute Gasteiger partial charge is 0.292 e. The number of carbonyl (C=O) groups excluding carboxylic acids is 3. The van der Waals surface area contributed by atoms with E-state index >= 15 is 0 Å². The first-order valence-corrected chi connectivity index (χ1v) is 8.77. The summed E-state index contributed by atoms with van der Waals surface area (Å²) < 4.78 is 41.3. The fourth-order valence-corrected chi connectivity index (χ4v) is 2.54. The molecule has 1 atom stereocenters. The number of Topliss-reactive ketones (excluding diaryl/α,β-unsaturated/α-hetero) is 1. The average Bonchev–Trinajstić information content (AvgIpc) is 2.97. The SMILES string of the molecule is Cc1c(C(=O)C(=O)NC(C)C(C)(F)F)cc(C(=O)Nc2ccc(F)c(C#N)c2)n1C. The summed E-state index contributed by atoms with van der Waals surface area (Å²) in [5.41, 5.74) is 0.0450. The van der Waals surface area contributed by atoms with Crippen LogP contribution in [0.1, 0.15) is 46.0 Å². The van der Waals surface area contributed by atoms with Gasteiger partial charge in [-0.2, -0.15) is 5.26 Å². The van der Waals surface area contributed by atoms with Gasteiger partial charge >= 0.3 is 0 Å². The van der Waals surface area contributed by atoms with Crippen LogP contribution in [0.5, 0.6) is 0 Å². The minimum absolute atomic E-state index is 0.000326. The molecular formula is C20H19F3N4O3. The van der Waals surface area contributed by atoms with Gasteiger partial charge in [0.15, 0.2) is 0 Å². The van der Waals surface area contributed by atoms with E-state index in [4.69, 9.17) is 5.26 Å². The lowest BCUT2D eigenvalue weighted by Crippen LogP contribution is -2.46. The van der Waals surface area contributed by atoms with Gasteiger partial charge in [0.25, 0.3) is 23.5 Å². The van der Waals surface area contributed by atoms with Crippen molar-refractivity contribution in [2.24, 2.45) is 7.05 Å². The molecule has 0 aliphatic rings. The average molecular weight is 420 g/mol. The third kappa shape index (κ3) is 4.68. The quantitative estimate of drug-likeness (QED) is 0.554. The number of nitrogens with zero attached hydrogens (tertiary/aromatic N) is 2. The van der Waals surface area contributed by atoms with Crippen LogP contribution >= 0.6 is 0 Å². The Morgan fingerprint density at radius 1 is 1.23 bits per heavy atom. The van der Waals surface area contributed by atoms with Crippen LogP contribution in [-0.4, -0.2) is 34.1 Å². The Hall–Kier alpha value is -3.61. The van der Waals surface area contributed by atoms with Crippen LogP contribution in [0.3, 0.4) is 0 Å². The third-order valence-electron chi connectivity index (χ3n) is 4.67. The van der Waals surface area contributed by atoms with Crippen LogP contribution in [0, 0.1) is 24.1 Å². The van der Waals surface area contributed by atoms with Gasteiger partial charge in [0.05, 0.1) is 11.6 Å². The number of rotatable bonds is 6. The van der Waals surface area contributed by atoms with E-state index in [2.05, 4.69) is 5.32 Å². The second kappa shape index (κ2) is 8.41. The molecular weight excluding hydrogens is 401 g/mol. The molecule has 1 unspecified atom stereocenters. The lowest BCUT2D eigenvalue weighted by molar-refractivity contribution is -0.120. The summed E-state index contributed by atoms with van der Waals surface area (Å²) in [7, 11) is 1.48. The van der Waals surface area contributed by atoms with Crippen molar-refractivity contribution in [1.82, 2.24) is 9.88 Å². The maximum absolute atomic E-state index is 13.4. The summed E-state index contributed by atoms with van der Waals surface area (Å²) >= 11 is 0. The number of benzene rings is 1. The van der Waals surface area contributed by atoms with Crippen LogP contribution in [0.15, 0.2) is 24.3 Å². The molecule has 1 heterocycles. The molecule has 0 aliphatic heterocycles. The van der Waals surface area contributed by atoms with E-state index in [9.17, 15) is 27.6 Å². The van der Waals surface area contributed by atoms with E-state index in [-0.39, 0.29) is 28.2 Å². The highest BCUT2D eigenvalue weighted by Gasteiger charge is 2.34. The molecule has 10 heteroatoms. The molecule has 0 fully saturated rings. The number of amides is 2. The topological polar surface area (TPSA) is 104 Å². The molecule has 30 heavy (non-hydrogen) atoms. The number of nitriles is 1. The monoisotopic (exact) mass is 420 g/mol. The highest BCUT2D eigenvalue weighted by Crippen LogP contribution is 2.20. The molecule has 2 N–H and O–H groups in total. The Bertz CT molecular complexity index is 1060. The van der Waals surface area contributed by atoms with E-state index in [1.54, 1.807) is 6.07 Å². The highest BCUT2D eigenvalue weighted by molar-refractivity contribution is 6.43. The van der Waals surface area contributed by atoms with Gasteiger partial charge in [-0.05, 0) is 38.1 Å². The molecule has 158 valence electrons. The Morgan fingerprint density at radius 3 is 2.43 bits per heavy atom. The van der Waals surface area contributed by atoms with Gasteiger partial charge in [-0.25, -0.2) is 13.2 Å². The number of aromatic nitrogens is 1. The standard InChI is InChI=1S/C20H19F3N4O3/c1-10-14(17(28)19(30)25-11(2)20(3,22)23)8-16(27(10)4)18(29)26-13-5-6-15(21)12(7-13)9-24/h5-8,11H,1-4H3,(H,25,30)(H,26,29). The minimum Gasteiger partial charge on any atom is -0.343 e. The van der Waals surface area contributed by atoms with E-state index in [1.165, 1.54) is 24.6 Å². The second-order valence-corrected chi connectivity index (χ2v) is 6.83. The van der Waals surface area contributed by atoms with E-state index < -0.39 is 35.4 Å². The minimum atomic E-state index is -3.22. The molecule has 1 aromatic heterocycles. The van der Waals surface area contributed by atoms with Gasteiger partial charge in [0, 0.05) is 30.9 Å². The molecule has 2 rings (SSSR count). The first-order chi connectivity index (χ1) is 13.9. The summed E-state index contributed by atoms with van der Waals surface area (Å²) in [6.07, 6.45) is 0. The first kappa shape index (κ1) is 22.7. The van der Waals surface area contributed by atoms with E-state index in [0.717, 1.165) is 25.1 Å². The summed E-state index contributed by atoms with van der Waals surface area (Å²) in [6, 6.07) is 4.68. The van der Waals surface area contributed by atoms with Gasteiger partial charge in [-0.15, -0.1) is 0 Å². The van der Waals surface area contributed by atoms with Crippen molar-refractivity contribution in [2.75, 3.05) is 5.32 Å². The number of halogens is 3. The lowest BCUT2D eigenvalue weighted by Gasteiger charge is -2.20. The maximum atomic E-state index is 13.4. The van der Waals surface area contributed by atoms with E-state index in [1.807, 2.05) is 5.32 Å². The summed E-state index contributed by atoms with van der Waals surface area (Å²) in [5, 5.41) is 13.3. The van der Waals surface area contributed by atoms with Crippen LogP contribution in [0.2, 0.25) is 0 Å². The predicted octanol–water partition coefficient (Wildman–Crippen LogP) is 2.94. The molecule has 0 spiro atoms.